The van der Waals surface area contributed by atoms with Crippen molar-refractivity contribution in [3.05, 3.63) is 42.5 Å². The van der Waals surface area contributed by atoms with Crippen molar-refractivity contribution in [2.75, 3.05) is 11.6 Å². The van der Waals surface area contributed by atoms with Crippen molar-refractivity contribution >= 4 is 28.9 Å². The van der Waals surface area contributed by atoms with Crippen LogP contribution in [0.4, 0.5) is 5.69 Å². The second-order valence-corrected chi connectivity index (χ2v) is 5.93. The third-order valence-corrected chi connectivity index (χ3v) is 3.96. The number of carbonyl (C=O) groups excluding carboxylic acids is 1. The molecule has 1 N–H and O–H groups in total. The Morgan fingerprint density at radius 2 is 2.18 bits per heavy atom. The summed E-state index contributed by atoms with van der Waals surface area (Å²) in [5, 5.41) is 7.86. The Labute approximate surface area is 132 Å². The molecule has 0 radical (unpaired) electrons. The van der Waals surface area contributed by atoms with Crippen LogP contribution in [0.25, 0.3) is 5.52 Å². The van der Waals surface area contributed by atoms with Gasteiger partial charge in [0.15, 0.2) is 10.9 Å². The van der Waals surface area contributed by atoms with Gasteiger partial charge in [-0.05, 0) is 32.2 Å². The Balaban J connectivity index is 1.91. The fourth-order valence-corrected chi connectivity index (χ4v) is 2.73. The Kier molecular flexibility index (Phi) is 3.89. The number of anilines is 1. The van der Waals surface area contributed by atoms with E-state index in [1.54, 1.807) is 10.9 Å². The van der Waals surface area contributed by atoms with E-state index in [2.05, 4.69) is 15.4 Å². The quantitative estimate of drug-likeness (QED) is 0.751. The minimum Gasteiger partial charge on any atom is -0.318 e. The van der Waals surface area contributed by atoms with Crippen LogP contribution in [0.2, 0.25) is 0 Å². The number of amides is 1. The Bertz CT molecular complexity index is 820. The van der Waals surface area contributed by atoms with Crippen molar-refractivity contribution in [3.8, 4) is 0 Å². The fraction of sp³-hybridized carbons (Fsp3) is 0.267. The molecular formula is C15H17N5OS. The van der Waals surface area contributed by atoms with Gasteiger partial charge in [0.2, 0.25) is 0 Å². The standard InChI is InChI=1S/C15H17N5OS/c1-10(2)20-9-11(8-16-20)17-14(21)13-12-6-4-5-7-19(12)15(18-13)22-3/h4-10H,1-3H3,(H,17,21). The Morgan fingerprint density at radius 3 is 2.86 bits per heavy atom. The largest absolute Gasteiger partial charge is 0.318 e. The van der Waals surface area contributed by atoms with Crippen molar-refractivity contribution < 1.29 is 4.79 Å². The molecule has 0 bridgehead atoms. The van der Waals surface area contributed by atoms with Gasteiger partial charge in [-0.3, -0.25) is 13.9 Å². The van der Waals surface area contributed by atoms with Gasteiger partial charge < -0.3 is 5.32 Å². The molecule has 6 nitrogen and oxygen atoms in total. The number of nitrogens with one attached hydrogen (secondary N) is 1. The number of hydrogen-bond donors (Lipinski definition) is 1. The van der Waals surface area contributed by atoms with E-state index in [0.29, 0.717) is 11.4 Å². The van der Waals surface area contributed by atoms with E-state index in [1.165, 1.54) is 11.8 Å². The van der Waals surface area contributed by atoms with Crippen LogP contribution in [0.1, 0.15) is 30.4 Å². The monoisotopic (exact) mass is 315 g/mol. The van der Waals surface area contributed by atoms with E-state index in [4.69, 9.17) is 0 Å². The highest BCUT2D eigenvalue weighted by Crippen LogP contribution is 2.21. The molecule has 0 spiro atoms. The van der Waals surface area contributed by atoms with Crippen LogP contribution >= 0.6 is 11.8 Å². The lowest BCUT2D eigenvalue weighted by Crippen LogP contribution is -2.12. The first-order valence-electron chi connectivity index (χ1n) is 6.96. The zero-order valence-electron chi connectivity index (χ0n) is 12.6. The third kappa shape index (κ3) is 2.59. The molecular weight excluding hydrogens is 298 g/mol. The predicted octanol–water partition coefficient (Wildman–Crippen LogP) is 3.09. The molecule has 0 aliphatic carbocycles. The van der Waals surface area contributed by atoms with Crippen molar-refractivity contribution in [3.63, 3.8) is 0 Å². The summed E-state index contributed by atoms with van der Waals surface area (Å²) in [6.07, 6.45) is 7.31. The van der Waals surface area contributed by atoms with Gasteiger partial charge in [0.05, 0.1) is 17.4 Å². The van der Waals surface area contributed by atoms with E-state index < -0.39 is 0 Å². The maximum Gasteiger partial charge on any atom is 0.276 e. The van der Waals surface area contributed by atoms with E-state index in [1.807, 2.05) is 55.1 Å². The first-order valence-corrected chi connectivity index (χ1v) is 8.19. The smallest absolute Gasteiger partial charge is 0.276 e. The molecule has 3 aromatic heterocycles. The third-order valence-electron chi connectivity index (χ3n) is 3.30. The van der Waals surface area contributed by atoms with E-state index >= 15 is 0 Å². The van der Waals surface area contributed by atoms with Crippen molar-refractivity contribution in [1.82, 2.24) is 19.2 Å². The topological polar surface area (TPSA) is 64.2 Å². The summed E-state index contributed by atoms with van der Waals surface area (Å²) in [7, 11) is 0. The van der Waals surface area contributed by atoms with E-state index in [0.717, 1.165) is 10.7 Å². The molecule has 114 valence electrons. The number of nitrogens with zero attached hydrogens (tertiary/aromatic N) is 4. The molecule has 0 aliphatic rings. The average Bonchev–Trinajstić information content (AvgIpc) is 3.11. The summed E-state index contributed by atoms with van der Waals surface area (Å²) in [4.78, 5) is 16.9. The number of pyridine rings is 1. The number of fused-ring (bicyclic) bond motifs is 1. The van der Waals surface area contributed by atoms with Gasteiger partial charge in [-0.2, -0.15) is 5.10 Å². The van der Waals surface area contributed by atoms with E-state index in [9.17, 15) is 4.79 Å². The van der Waals surface area contributed by atoms with Gasteiger partial charge in [0.25, 0.3) is 5.91 Å². The van der Waals surface area contributed by atoms with Crippen LogP contribution in [0, 0.1) is 0 Å². The lowest BCUT2D eigenvalue weighted by atomic mass is 10.3. The van der Waals surface area contributed by atoms with Crippen molar-refractivity contribution in [2.24, 2.45) is 0 Å². The van der Waals surface area contributed by atoms with Crippen LogP contribution < -0.4 is 5.32 Å². The second-order valence-electron chi connectivity index (χ2n) is 5.16. The lowest BCUT2D eigenvalue weighted by molar-refractivity contribution is 0.102. The zero-order valence-corrected chi connectivity index (χ0v) is 13.5. The van der Waals surface area contributed by atoms with Crippen molar-refractivity contribution in [2.45, 2.75) is 25.0 Å². The Morgan fingerprint density at radius 1 is 1.36 bits per heavy atom. The average molecular weight is 315 g/mol. The molecule has 0 fully saturated rings. The second kappa shape index (κ2) is 5.84. The van der Waals surface area contributed by atoms with Gasteiger partial charge in [-0.15, -0.1) is 0 Å². The van der Waals surface area contributed by atoms with Gasteiger partial charge in [-0.25, -0.2) is 4.98 Å². The van der Waals surface area contributed by atoms with Gasteiger partial charge in [0.1, 0.15) is 0 Å². The summed E-state index contributed by atoms with van der Waals surface area (Å²) in [5.41, 5.74) is 1.88. The Hall–Kier alpha value is -2.28. The lowest BCUT2D eigenvalue weighted by Gasteiger charge is -2.03. The minimum absolute atomic E-state index is 0.229. The highest BCUT2D eigenvalue weighted by atomic mass is 32.2. The van der Waals surface area contributed by atoms with Crippen LogP contribution in [-0.2, 0) is 0 Å². The molecule has 0 saturated heterocycles. The molecule has 0 atom stereocenters. The first kappa shape index (κ1) is 14.6. The van der Waals surface area contributed by atoms with Crippen LogP contribution in [0.15, 0.2) is 41.9 Å². The highest BCUT2D eigenvalue weighted by Gasteiger charge is 2.17. The fourth-order valence-electron chi connectivity index (χ4n) is 2.20. The SMILES string of the molecule is CSc1nc(C(=O)Nc2cnn(C(C)C)c2)c2ccccn12. The van der Waals surface area contributed by atoms with Crippen LogP contribution in [0.5, 0.6) is 0 Å². The molecule has 0 aromatic carbocycles. The first-order chi connectivity index (χ1) is 10.6. The maximum absolute atomic E-state index is 12.5. The molecule has 7 heteroatoms. The summed E-state index contributed by atoms with van der Waals surface area (Å²) in [5.74, 6) is -0.229. The number of hydrogen-bond acceptors (Lipinski definition) is 4. The number of rotatable bonds is 4. The summed E-state index contributed by atoms with van der Waals surface area (Å²) >= 11 is 1.51. The van der Waals surface area contributed by atoms with E-state index in [-0.39, 0.29) is 11.9 Å². The molecule has 0 aliphatic heterocycles. The van der Waals surface area contributed by atoms with Gasteiger partial charge in [0, 0.05) is 18.4 Å². The van der Waals surface area contributed by atoms with Gasteiger partial charge >= 0.3 is 0 Å². The molecule has 1 amide bonds. The van der Waals surface area contributed by atoms with Crippen LogP contribution in [-0.4, -0.2) is 31.3 Å². The molecule has 3 aromatic rings. The zero-order chi connectivity index (χ0) is 15.7. The minimum atomic E-state index is -0.229. The molecule has 3 rings (SSSR count). The van der Waals surface area contributed by atoms with Gasteiger partial charge in [-0.1, -0.05) is 17.8 Å². The number of imidazole rings is 1. The number of aromatic nitrogens is 4. The van der Waals surface area contributed by atoms with Crippen LogP contribution in [0.3, 0.4) is 0 Å². The predicted molar refractivity (Wildman–Crippen MR) is 87.5 cm³/mol. The number of carbonyl (C=O) groups is 1. The van der Waals surface area contributed by atoms with Crippen molar-refractivity contribution in [1.29, 1.82) is 0 Å². The highest BCUT2D eigenvalue weighted by molar-refractivity contribution is 7.98. The summed E-state index contributed by atoms with van der Waals surface area (Å²) in [6, 6.07) is 5.96. The molecule has 0 unspecified atom stereocenters. The number of thioether (sulfide) groups is 1. The summed E-state index contributed by atoms with van der Waals surface area (Å²) in [6.45, 7) is 4.07. The molecule has 3 heterocycles. The molecule has 22 heavy (non-hydrogen) atoms. The molecule has 0 saturated carbocycles. The normalized spacial score (nSPS) is 11.3. The summed E-state index contributed by atoms with van der Waals surface area (Å²) < 4.78 is 3.71. The maximum atomic E-state index is 12.5.